The Hall–Kier alpha value is -1.38. The van der Waals surface area contributed by atoms with E-state index >= 15 is 0 Å². The molecule has 0 saturated carbocycles. The summed E-state index contributed by atoms with van der Waals surface area (Å²) in [5.74, 6) is -0.385. The van der Waals surface area contributed by atoms with Crippen LogP contribution in [0.2, 0.25) is 5.02 Å². The monoisotopic (exact) mass is 277 g/mol. The van der Waals surface area contributed by atoms with E-state index in [9.17, 15) is 4.39 Å². The van der Waals surface area contributed by atoms with Crippen molar-refractivity contribution >= 4 is 11.6 Å². The molecule has 0 aliphatic carbocycles. The highest BCUT2D eigenvalue weighted by atomic mass is 35.5. The van der Waals surface area contributed by atoms with Crippen LogP contribution in [0.25, 0.3) is 0 Å². The SMILES string of the molecule is CNC(c1cc(C)ccc1C)c1cccc(F)c1Cl. The van der Waals surface area contributed by atoms with Gasteiger partial charge in [0.1, 0.15) is 5.82 Å². The lowest BCUT2D eigenvalue weighted by Crippen LogP contribution is -2.19. The van der Waals surface area contributed by atoms with Gasteiger partial charge >= 0.3 is 0 Å². The van der Waals surface area contributed by atoms with Gasteiger partial charge in [-0.15, -0.1) is 0 Å². The second-order valence-corrected chi connectivity index (χ2v) is 5.10. The molecule has 19 heavy (non-hydrogen) atoms. The molecular formula is C16H17ClFN. The Morgan fingerprint density at radius 1 is 1.11 bits per heavy atom. The van der Waals surface area contributed by atoms with E-state index in [1.807, 2.05) is 27.0 Å². The van der Waals surface area contributed by atoms with Crippen LogP contribution in [-0.4, -0.2) is 7.05 Å². The molecule has 2 aromatic rings. The van der Waals surface area contributed by atoms with E-state index in [1.165, 1.54) is 11.6 Å². The number of halogens is 2. The molecule has 0 heterocycles. The fourth-order valence-electron chi connectivity index (χ4n) is 2.29. The predicted octanol–water partition coefficient (Wildman–Crippen LogP) is 4.40. The highest BCUT2D eigenvalue weighted by Crippen LogP contribution is 2.31. The first-order valence-corrected chi connectivity index (χ1v) is 6.60. The van der Waals surface area contributed by atoms with Gasteiger partial charge in [-0.05, 0) is 43.7 Å². The summed E-state index contributed by atoms with van der Waals surface area (Å²) in [5.41, 5.74) is 4.21. The second-order valence-electron chi connectivity index (χ2n) is 4.72. The van der Waals surface area contributed by atoms with E-state index in [0.717, 1.165) is 16.7 Å². The standard InChI is InChI=1S/C16H17ClFN/c1-10-7-8-11(2)13(9-10)16(19-3)12-5-4-6-14(18)15(12)17/h4-9,16,19H,1-3H3. The van der Waals surface area contributed by atoms with Crippen LogP contribution >= 0.6 is 11.6 Å². The Bertz CT molecular complexity index is 593. The first kappa shape index (κ1) is 14.0. The number of benzene rings is 2. The lowest BCUT2D eigenvalue weighted by molar-refractivity contribution is 0.617. The van der Waals surface area contributed by atoms with Crippen molar-refractivity contribution in [3.8, 4) is 0 Å². The van der Waals surface area contributed by atoms with Gasteiger partial charge in [0.15, 0.2) is 0 Å². The molecule has 2 aromatic carbocycles. The molecule has 0 fully saturated rings. The van der Waals surface area contributed by atoms with Gasteiger partial charge in [0.05, 0.1) is 11.1 Å². The van der Waals surface area contributed by atoms with E-state index < -0.39 is 0 Å². The van der Waals surface area contributed by atoms with Crippen LogP contribution in [0.15, 0.2) is 36.4 Å². The molecule has 0 amide bonds. The maximum absolute atomic E-state index is 13.6. The topological polar surface area (TPSA) is 12.0 Å². The summed E-state index contributed by atoms with van der Waals surface area (Å²) in [5, 5.41) is 3.40. The van der Waals surface area contributed by atoms with Crippen LogP contribution in [0, 0.1) is 19.7 Å². The molecule has 0 aliphatic heterocycles. The fourth-order valence-corrected chi connectivity index (χ4v) is 2.53. The average Bonchev–Trinajstić information content (AvgIpc) is 2.39. The van der Waals surface area contributed by atoms with Crippen LogP contribution < -0.4 is 5.32 Å². The molecule has 100 valence electrons. The van der Waals surface area contributed by atoms with Crippen LogP contribution in [0.4, 0.5) is 4.39 Å². The van der Waals surface area contributed by atoms with Crippen molar-refractivity contribution in [2.45, 2.75) is 19.9 Å². The third-order valence-electron chi connectivity index (χ3n) is 3.33. The number of rotatable bonds is 3. The lowest BCUT2D eigenvalue weighted by atomic mass is 9.93. The number of nitrogens with one attached hydrogen (secondary N) is 1. The highest BCUT2D eigenvalue weighted by molar-refractivity contribution is 6.31. The zero-order valence-corrected chi connectivity index (χ0v) is 12.1. The van der Waals surface area contributed by atoms with Crippen molar-refractivity contribution in [3.63, 3.8) is 0 Å². The molecule has 0 spiro atoms. The summed E-state index contributed by atoms with van der Waals surface area (Å²) in [7, 11) is 1.85. The van der Waals surface area contributed by atoms with Gasteiger partial charge in [0, 0.05) is 0 Å². The maximum atomic E-state index is 13.6. The van der Waals surface area contributed by atoms with Crippen molar-refractivity contribution in [3.05, 3.63) is 69.5 Å². The van der Waals surface area contributed by atoms with Crippen LogP contribution in [0.5, 0.6) is 0 Å². The Kier molecular flexibility index (Phi) is 4.23. The van der Waals surface area contributed by atoms with E-state index in [4.69, 9.17) is 11.6 Å². The zero-order chi connectivity index (χ0) is 14.0. The molecular weight excluding hydrogens is 261 g/mol. The molecule has 0 saturated heterocycles. The Morgan fingerprint density at radius 3 is 2.53 bits per heavy atom. The van der Waals surface area contributed by atoms with Crippen molar-refractivity contribution in [1.29, 1.82) is 0 Å². The van der Waals surface area contributed by atoms with Gasteiger partial charge in [-0.3, -0.25) is 0 Å². The van der Waals surface area contributed by atoms with Gasteiger partial charge in [0.25, 0.3) is 0 Å². The minimum absolute atomic E-state index is 0.108. The van der Waals surface area contributed by atoms with Gasteiger partial charge in [-0.1, -0.05) is 47.5 Å². The molecule has 1 unspecified atom stereocenters. The summed E-state index contributed by atoms with van der Waals surface area (Å²) in [6.45, 7) is 4.09. The van der Waals surface area contributed by atoms with Gasteiger partial charge < -0.3 is 5.32 Å². The van der Waals surface area contributed by atoms with E-state index in [2.05, 4.69) is 23.5 Å². The van der Waals surface area contributed by atoms with E-state index in [-0.39, 0.29) is 16.9 Å². The summed E-state index contributed by atoms with van der Waals surface area (Å²) in [4.78, 5) is 0. The van der Waals surface area contributed by atoms with Crippen molar-refractivity contribution in [1.82, 2.24) is 5.32 Å². The minimum atomic E-state index is -0.385. The maximum Gasteiger partial charge on any atom is 0.142 e. The molecule has 0 aliphatic rings. The quantitative estimate of drug-likeness (QED) is 0.876. The molecule has 0 bridgehead atoms. The number of hydrogen-bond donors (Lipinski definition) is 1. The lowest BCUT2D eigenvalue weighted by Gasteiger charge is -2.21. The Morgan fingerprint density at radius 2 is 1.84 bits per heavy atom. The largest absolute Gasteiger partial charge is 0.309 e. The van der Waals surface area contributed by atoms with Gasteiger partial charge in [-0.2, -0.15) is 0 Å². The van der Waals surface area contributed by atoms with Crippen LogP contribution in [-0.2, 0) is 0 Å². The normalized spacial score (nSPS) is 12.5. The first-order valence-electron chi connectivity index (χ1n) is 6.23. The smallest absolute Gasteiger partial charge is 0.142 e. The fraction of sp³-hybridized carbons (Fsp3) is 0.250. The van der Waals surface area contributed by atoms with Gasteiger partial charge in [0.2, 0.25) is 0 Å². The Balaban J connectivity index is 2.56. The predicted molar refractivity (Wildman–Crippen MR) is 78.2 cm³/mol. The van der Waals surface area contributed by atoms with Gasteiger partial charge in [-0.25, -0.2) is 4.39 Å². The Labute approximate surface area is 118 Å². The number of hydrogen-bond acceptors (Lipinski definition) is 1. The highest BCUT2D eigenvalue weighted by Gasteiger charge is 2.18. The number of aryl methyl sites for hydroxylation is 2. The summed E-state index contributed by atoms with van der Waals surface area (Å²) in [6.07, 6.45) is 0. The van der Waals surface area contributed by atoms with Crippen molar-refractivity contribution in [2.24, 2.45) is 0 Å². The van der Waals surface area contributed by atoms with E-state index in [0.29, 0.717) is 0 Å². The summed E-state index contributed by atoms with van der Waals surface area (Å²) in [6, 6.07) is 11.1. The summed E-state index contributed by atoms with van der Waals surface area (Å²) < 4.78 is 13.6. The third kappa shape index (κ3) is 2.80. The van der Waals surface area contributed by atoms with Crippen LogP contribution in [0.1, 0.15) is 28.3 Å². The zero-order valence-electron chi connectivity index (χ0n) is 11.3. The molecule has 1 nitrogen and oxygen atoms in total. The first-order chi connectivity index (χ1) is 9.04. The van der Waals surface area contributed by atoms with Crippen LogP contribution in [0.3, 0.4) is 0 Å². The third-order valence-corrected chi connectivity index (χ3v) is 3.73. The molecule has 3 heteroatoms. The molecule has 1 N–H and O–H groups in total. The molecule has 0 radical (unpaired) electrons. The summed E-state index contributed by atoms with van der Waals surface area (Å²) >= 11 is 6.09. The molecule has 1 atom stereocenters. The van der Waals surface area contributed by atoms with Crippen molar-refractivity contribution in [2.75, 3.05) is 7.05 Å². The van der Waals surface area contributed by atoms with E-state index in [1.54, 1.807) is 6.07 Å². The second kappa shape index (κ2) is 5.72. The molecule has 2 rings (SSSR count). The molecule has 0 aromatic heterocycles. The average molecular weight is 278 g/mol. The minimum Gasteiger partial charge on any atom is -0.309 e. The van der Waals surface area contributed by atoms with Crippen molar-refractivity contribution < 1.29 is 4.39 Å².